The molecule has 30 heavy (non-hydrogen) atoms. The number of benzene rings is 2. The van der Waals surface area contributed by atoms with E-state index in [2.05, 4.69) is 5.32 Å². The first kappa shape index (κ1) is 20.7. The van der Waals surface area contributed by atoms with Crippen LogP contribution in [0.5, 0.6) is 5.75 Å². The van der Waals surface area contributed by atoms with E-state index in [1.54, 1.807) is 12.1 Å². The second-order valence-electron chi connectivity index (χ2n) is 8.12. The van der Waals surface area contributed by atoms with Gasteiger partial charge in [-0.2, -0.15) is 0 Å². The van der Waals surface area contributed by atoms with E-state index in [1.807, 2.05) is 41.3 Å². The SMILES string of the molecule is O=C(COc1ccc(NC(=O)C2(c3ccccc3Cl)CCCC2)cc1)N1CCCC1. The van der Waals surface area contributed by atoms with Gasteiger partial charge in [-0.25, -0.2) is 0 Å². The largest absolute Gasteiger partial charge is 0.484 e. The molecule has 158 valence electrons. The average Bonchev–Trinajstić information content (AvgIpc) is 3.46. The molecule has 6 heteroatoms. The Morgan fingerprint density at radius 2 is 1.63 bits per heavy atom. The van der Waals surface area contributed by atoms with Gasteiger partial charge in [0.2, 0.25) is 5.91 Å². The minimum atomic E-state index is -0.588. The molecule has 1 aliphatic carbocycles. The molecule has 2 aromatic rings. The second-order valence-corrected chi connectivity index (χ2v) is 8.53. The number of rotatable bonds is 6. The summed E-state index contributed by atoms with van der Waals surface area (Å²) in [5.74, 6) is 0.612. The number of likely N-dealkylation sites (tertiary alicyclic amines) is 1. The Hall–Kier alpha value is -2.53. The van der Waals surface area contributed by atoms with E-state index >= 15 is 0 Å². The molecule has 0 aromatic heterocycles. The normalized spacial score (nSPS) is 17.7. The molecule has 2 aromatic carbocycles. The molecule has 4 rings (SSSR count). The van der Waals surface area contributed by atoms with E-state index < -0.39 is 5.41 Å². The lowest BCUT2D eigenvalue weighted by Crippen LogP contribution is -2.38. The lowest BCUT2D eigenvalue weighted by molar-refractivity contribution is -0.132. The lowest BCUT2D eigenvalue weighted by Gasteiger charge is -2.29. The standard InChI is InChI=1S/C24H27ClN2O3/c25-21-8-2-1-7-20(21)24(13-3-4-14-24)23(29)26-18-9-11-19(12-10-18)30-17-22(28)27-15-5-6-16-27/h1-2,7-12H,3-6,13-17H2,(H,26,29). The maximum Gasteiger partial charge on any atom is 0.260 e. The van der Waals surface area contributed by atoms with Crippen LogP contribution in [0, 0.1) is 0 Å². The molecule has 5 nitrogen and oxygen atoms in total. The van der Waals surface area contributed by atoms with Gasteiger partial charge in [-0.1, -0.05) is 42.6 Å². The van der Waals surface area contributed by atoms with Gasteiger partial charge in [0.1, 0.15) is 5.75 Å². The molecule has 1 saturated carbocycles. The fourth-order valence-corrected chi connectivity index (χ4v) is 4.85. The number of carbonyl (C=O) groups is 2. The smallest absolute Gasteiger partial charge is 0.260 e. The van der Waals surface area contributed by atoms with Gasteiger partial charge >= 0.3 is 0 Å². The first-order valence-electron chi connectivity index (χ1n) is 10.7. The fourth-order valence-electron chi connectivity index (χ4n) is 4.53. The minimum absolute atomic E-state index is 0.0211. The van der Waals surface area contributed by atoms with Gasteiger partial charge in [0.25, 0.3) is 5.91 Å². The Kier molecular flexibility index (Phi) is 6.28. The summed E-state index contributed by atoms with van der Waals surface area (Å²) in [6.45, 7) is 1.68. The highest BCUT2D eigenvalue weighted by Gasteiger charge is 2.43. The molecule has 1 heterocycles. The van der Waals surface area contributed by atoms with Crippen LogP contribution in [-0.4, -0.2) is 36.4 Å². The third-order valence-electron chi connectivity index (χ3n) is 6.21. The zero-order valence-corrected chi connectivity index (χ0v) is 17.8. The summed E-state index contributed by atoms with van der Waals surface area (Å²) in [7, 11) is 0. The Labute approximate surface area is 182 Å². The number of carbonyl (C=O) groups excluding carboxylic acids is 2. The molecule has 0 bridgehead atoms. The third-order valence-corrected chi connectivity index (χ3v) is 6.54. The molecule has 0 atom stereocenters. The van der Waals surface area contributed by atoms with E-state index in [1.165, 1.54) is 0 Å². The molecule has 2 amide bonds. The molecule has 1 aliphatic heterocycles. The number of amides is 2. The number of nitrogens with zero attached hydrogens (tertiary/aromatic N) is 1. The number of halogens is 1. The molecule has 1 saturated heterocycles. The summed E-state index contributed by atoms with van der Waals surface area (Å²) in [5.41, 5.74) is 1.02. The monoisotopic (exact) mass is 426 g/mol. The van der Waals surface area contributed by atoms with Crippen LogP contribution in [0.2, 0.25) is 5.02 Å². The van der Waals surface area contributed by atoms with E-state index in [0.29, 0.717) is 16.5 Å². The van der Waals surface area contributed by atoms with Gasteiger partial charge in [-0.15, -0.1) is 0 Å². The summed E-state index contributed by atoms with van der Waals surface area (Å²) in [6.07, 6.45) is 5.74. The van der Waals surface area contributed by atoms with Gasteiger partial charge in [0.15, 0.2) is 6.61 Å². The van der Waals surface area contributed by atoms with Crippen molar-refractivity contribution in [2.75, 3.05) is 25.0 Å². The van der Waals surface area contributed by atoms with Crippen LogP contribution in [0.1, 0.15) is 44.1 Å². The highest BCUT2D eigenvalue weighted by atomic mass is 35.5. The average molecular weight is 427 g/mol. The molecular formula is C24H27ClN2O3. The predicted molar refractivity (Wildman–Crippen MR) is 118 cm³/mol. The van der Waals surface area contributed by atoms with E-state index in [-0.39, 0.29) is 18.4 Å². The van der Waals surface area contributed by atoms with Crippen molar-refractivity contribution in [3.8, 4) is 5.75 Å². The van der Waals surface area contributed by atoms with Crippen molar-refractivity contribution >= 4 is 29.1 Å². The van der Waals surface area contributed by atoms with Crippen LogP contribution in [0.15, 0.2) is 48.5 Å². The summed E-state index contributed by atoms with van der Waals surface area (Å²) < 4.78 is 5.62. The Morgan fingerprint density at radius 3 is 2.30 bits per heavy atom. The zero-order valence-electron chi connectivity index (χ0n) is 17.0. The molecule has 0 spiro atoms. The van der Waals surface area contributed by atoms with Crippen LogP contribution in [-0.2, 0) is 15.0 Å². The molecule has 2 aliphatic rings. The van der Waals surface area contributed by atoms with Crippen molar-refractivity contribution in [2.45, 2.75) is 43.9 Å². The quantitative estimate of drug-likeness (QED) is 0.722. The van der Waals surface area contributed by atoms with E-state index in [4.69, 9.17) is 16.3 Å². The molecule has 1 N–H and O–H groups in total. The third kappa shape index (κ3) is 4.31. The van der Waals surface area contributed by atoms with Crippen molar-refractivity contribution in [3.05, 3.63) is 59.1 Å². The second kappa shape index (κ2) is 9.09. The van der Waals surface area contributed by atoms with Crippen LogP contribution < -0.4 is 10.1 Å². The van der Waals surface area contributed by atoms with Gasteiger partial charge in [0, 0.05) is 23.8 Å². The maximum absolute atomic E-state index is 13.3. The van der Waals surface area contributed by atoms with Crippen molar-refractivity contribution in [1.29, 1.82) is 0 Å². The number of anilines is 1. The highest BCUT2D eigenvalue weighted by Crippen LogP contribution is 2.44. The van der Waals surface area contributed by atoms with Crippen molar-refractivity contribution < 1.29 is 14.3 Å². The van der Waals surface area contributed by atoms with Gasteiger partial charge in [-0.05, 0) is 61.6 Å². The molecule has 2 fully saturated rings. The predicted octanol–water partition coefficient (Wildman–Crippen LogP) is 4.79. The molecule has 0 radical (unpaired) electrons. The Balaban J connectivity index is 1.40. The Bertz CT molecular complexity index is 901. The zero-order chi connectivity index (χ0) is 21.0. The van der Waals surface area contributed by atoms with Crippen LogP contribution in [0.3, 0.4) is 0 Å². The number of ether oxygens (including phenoxy) is 1. The first-order valence-corrected chi connectivity index (χ1v) is 11.0. The fraction of sp³-hybridized carbons (Fsp3) is 0.417. The van der Waals surface area contributed by atoms with Gasteiger partial charge < -0.3 is 15.0 Å². The summed E-state index contributed by atoms with van der Waals surface area (Å²) in [4.78, 5) is 27.2. The maximum atomic E-state index is 13.3. The first-order chi connectivity index (χ1) is 14.6. The summed E-state index contributed by atoms with van der Waals surface area (Å²) in [5, 5.41) is 3.70. The van der Waals surface area contributed by atoms with Crippen LogP contribution >= 0.6 is 11.6 Å². The summed E-state index contributed by atoms with van der Waals surface area (Å²) >= 11 is 6.44. The molecule has 0 unspecified atom stereocenters. The highest BCUT2D eigenvalue weighted by molar-refractivity contribution is 6.31. The van der Waals surface area contributed by atoms with Crippen LogP contribution in [0.4, 0.5) is 5.69 Å². The number of hydrogen-bond donors (Lipinski definition) is 1. The summed E-state index contributed by atoms with van der Waals surface area (Å²) in [6, 6.07) is 14.8. The topological polar surface area (TPSA) is 58.6 Å². The van der Waals surface area contributed by atoms with Crippen LogP contribution in [0.25, 0.3) is 0 Å². The van der Waals surface area contributed by atoms with Crippen molar-refractivity contribution in [3.63, 3.8) is 0 Å². The number of hydrogen-bond acceptors (Lipinski definition) is 3. The van der Waals surface area contributed by atoms with Crippen molar-refractivity contribution in [1.82, 2.24) is 4.90 Å². The molecular weight excluding hydrogens is 400 g/mol. The Morgan fingerprint density at radius 1 is 0.967 bits per heavy atom. The van der Waals surface area contributed by atoms with E-state index in [0.717, 1.165) is 57.2 Å². The van der Waals surface area contributed by atoms with Gasteiger partial charge in [-0.3, -0.25) is 9.59 Å². The lowest BCUT2D eigenvalue weighted by atomic mass is 9.78. The number of nitrogens with one attached hydrogen (secondary N) is 1. The minimum Gasteiger partial charge on any atom is -0.484 e. The van der Waals surface area contributed by atoms with E-state index in [9.17, 15) is 9.59 Å². The van der Waals surface area contributed by atoms with Gasteiger partial charge in [0.05, 0.1) is 5.41 Å². The van der Waals surface area contributed by atoms with Crippen molar-refractivity contribution in [2.24, 2.45) is 0 Å².